The molecule has 20 heavy (non-hydrogen) atoms. The Kier molecular flexibility index (Phi) is 8.72. The third kappa shape index (κ3) is 7.76. The predicted octanol–water partition coefficient (Wildman–Crippen LogP) is 6.07. The summed E-state index contributed by atoms with van der Waals surface area (Å²) in [5.41, 5.74) is 0.662. The van der Waals surface area contributed by atoms with E-state index in [1.54, 1.807) is 18.2 Å². The van der Waals surface area contributed by atoms with Crippen LogP contribution in [0.4, 0.5) is 5.69 Å². The molecular weight excluding hydrogens is 293 g/mol. The molecule has 0 spiro atoms. The number of carbonyl (C=O) groups is 1. The minimum Gasteiger partial charge on any atom is -0.326 e. The van der Waals surface area contributed by atoms with Crippen molar-refractivity contribution in [1.82, 2.24) is 0 Å². The summed E-state index contributed by atoms with van der Waals surface area (Å²) in [6.07, 6.45) is 9.00. The highest BCUT2D eigenvalue weighted by Gasteiger charge is 2.04. The van der Waals surface area contributed by atoms with Gasteiger partial charge < -0.3 is 5.32 Å². The van der Waals surface area contributed by atoms with Crippen molar-refractivity contribution in [2.24, 2.45) is 0 Å². The molecule has 2 nitrogen and oxygen atoms in total. The van der Waals surface area contributed by atoms with E-state index < -0.39 is 0 Å². The van der Waals surface area contributed by atoms with Crippen LogP contribution in [0.2, 0.25) is 10.0 Å². The van der Waals surface area contributed by atoms with E-state index in [2.05, 4.69) is 12.2 Å². The van der Waals surface area contributed by atoms with Gasteiger partial charge in [-0.25, -0.2) is 0 Å². The highest BCUT2D eigenvalue weighted by Crippen LogP contribution is 2.22. The number of rotatable bonds is 9. The van der Waals surface area contributed by atoms with Gasteiger partial charge in [-0.15, -0.1) is 0 Å². The zero-order valence-electron chi connectivity index (χ0n) is 12.1. The molecule has 112 valence electrons. The van der Waals surface area contributed by atoms with Gasteiger partial charge in [0.25, 0.3) is 0 Å². The lowest BCUT2D eigenvalue weighted by Crippen LogP contribution is -2.11. The van der Waals surface area contributed by atoms with Crippen molar-refractivity contribution < 1.29 is 4.79 Å². The van der Waals surface area contributed by atoms with Crippen molar-refractivity contribution in [1.29, 1.82) is 0 Å². The third-order valence-electron chi connectivity index (χ3n) is 3.15. The lowest BCUT2D eigenvalue weighted by atomic mass is 10.1. The summed E-state index contributed by atoms with van der Waals surface area (Å²) >= 11 is 11.8. The lowest BCUT2D eigenvalue weighted by molar-refractivity contribution is -0.116. The SMILES string of the molecule is CCCCCCCCCC(=O)Nc1cc(Cl)cc(Cl)c1. The second kappa shape index (κ2) is 10.1. The molecule has 0 bridgehead atoms. The normalized spacial score (nSPS) is 10.6. The molecule has 0 atom stereocenters. The van der Waals surface area contributed by atoms with Gasteiger partial charge in [0, 0.05) is 22.2 Å². The van der Waals surface area contributed by atoms with E-state index in [9.17, 15) is 4.79 Å². The Balaban J connectivity index is 2.17. The van der Waals surface area contributed by atoms with Crippen LogP contribution in [0.15, 0.2) is 18.2 Å². The summed E-state index contributed by atoms with van der Waals surface area (Å²) in [7, 11) is 0. The van der Waals surface area contributed by atoms with Crippen LogP contribution in [0, 0.1) is 0 Å². The first-order valence-electron chi connectivity index (χ1n) is 7.37. The molecular formula is C16H23Cl2NO. The van der Waals surface area contributed by atoms with Gasteiger partial charge in [-0.1, -0.05) is 68.7 Å². The van der Waals surface area contributed by atoms with Crippen molar-refractivity contribution in [3.8, 4) is 0 Å². The van der Waals surface area contributed by atoms with Gasteiger partial charge in [0.15, 0.2) is 0 Å². The van der Waals surface area contributed by atoms with E-state index in [1.165, 1.54) is 32.1 Å². The first kappa shape index (κ1) is 17.3. The van der Waals surface area contributed by atoms with Crippen molar-refractivity contribution >= 4 is 34.8 Å². The number of unbranched alkanes of at least 4 members (excludes halogenated alkanes) is 6. The predicted molar refractivity (Wildman–Crippen MR) is 87.7 cm³/mol. The van der Waals surface area contributed by atoms with Crippen LogP contribution in [-0.2, 0) is 4.79 Å². The Labute approximate surface area is 131 Å². The first-order chi connectivity index (χ1) is 9.61. The fourth-order valence-corrected chi connectivity index (χ4v) is 2.62. The van der Waals surface area contributed by atoms with Crippen LogP contribution in [0.5, 0.6) is 0 Å². The molecule has 1 rings (SSSR count). The van der Waals surface area contributed by atoms with Crippen molar-refractivity contribution in [2.75, 3.05) is 5.32 Å². The Bertz CT molecular complexity index is 401. The quantitative estimate of drug-likeness (QED) is 0.550. The maximum atomic E-state index is 11.8. The molecule has 0 heterocycles. The van der Waals surface area contributed by atoms with Crippen LogP contribution >= 0.6 is 23.2 Å². The average Bonchev–Trinajstić information content (AvgIpc) is 2.36. The number of halogens is 2. The number of nitrogens with one attached hydrogen (secondary N) is 1. The summed E-state index contributed by atoms with van der Waals surface area (Å²) in [6.45, 7) is 2.21. The van der Waals surface area contributed by atoms with Crippen molar-refractivity contribution in [3.05, 3.63) is 28.2 Å². The van der Waals surface area contributed by atoms with E-state index in [1.807, 2.05) is 0 Å². The summed E-state index contributed by atoms with van der Waals surface area (Å²) in [5.74, 6) is 0.0249. The largest absolute Gasteiger partial charge is 0.326 e. The molecule has 0 aliphatic heterocycles. The monoisotopic (exact) mass is 315 g/mol. The van der Waals surface area contributed by atoms with Gasteiger partial charge in [-0.2, -0.15) is 0 Å². The summed E-state index contributed by atoms with van der Waals surface area (Å²) in [6, 6.07) is 5.06. The third-order valence-corrected chi connectivity index (χ3v) is 3.59. The fourth-order valence-electron chi connectivity index (χ4n) is 2.09. The maximum Gasteiger partial charge on any atom is 0.224 e. The van der Waals surface area contributed by atoms with E-state index in [0.29, 0.717) is 22.2 Å². The number of anilines is 1. The number of hydrogen-bond acceptors (Lipinski definition) is 1. The number of hydrogen-bond donors (Lipinski definition) is 1. The van der Waals surface area contributed by atoms with Crippen LogP contribution in [-0.4, -0.2) is 5.91 Å². The second-order valence-corrected chi connectivity index (χ2v) is 5.95. The molecule has 0 fully saturated rings. The molecule has 0 saturated heterocycles. The molecule has 0 aromatic heterocycles. The Morgan fingerprint density at radius 2 is 1.50 bits per heavy atom. The van der Waals surface area contributed by atoms with E-state index >= 15 is 0 Å². The molecule has 1 N–H and O–H groups in total. The zero-order chi connectivity index (χ0) is 14.8. The van der Waals surface area contributed by atoms with Gasteiger partial charge >= 0.3 is 0 Å². The van der Waals surface area contributed by atoms with Crippen LogP contribution in [0.1, 0.15) is 58.3 Å². The highest BCUT2D eigenvalue weighted by molar-refractivity contribution is 6.35. The maximum absolute atomic E-state index is 11.8. The standard InChI is InChI=1S/C16H23Cl2NO/c1-2-3-4-5-6-7-8-9-16(20)19-15-11-13(17)10-14(18)12-15/h10-12H,2-9H2,1H3,(H,19,20). The molecule has 0 aliphatic carbocycles. The van der Waals surface area contributed by atoms with E-state index in [-0.39, 0.29) is 5.91 Å². The van der Waals surface area contributed by atoms with E-state index in [4.69, 9.17) is 23.2 Å². The van der Waals surface area contributed by atoms with Gasteiger partial charge in [-0.3, -0.25) is 4.79 Å². The van der Waals surface area contributed by atoms with Gasteiger partial charge in [-0.05, 0) is 24.6 Å². The number of benzene rings is 1. The lowest BCUT2D eigenvalue weighted by Gasteiger charge is -2.06. The van der Waals surface area contributed by atoms with Crippen LogP contribution in [0.25, 0.3) is 0 Å². The molecule has 0 unspecified atom stereocenters. The molecule has 1 aromatic rings. The van der Waals surface area contributed by atoms with Gasteiger partial charge in [0.2, 0.25) is 5.91 Å². The molecule has 0 aliphatic rings. The second-order valence-electron chi connectivity index (χ2n) is 5.08. The van der Waals surface area contributed by atoms with Crippen LogP contribution in [0.3, 0.4) is 0 Å². The van der Waals surface area contributed by atoms with Gasteiger partial charge in [0.05, 0.1) is 0 Å². The zero-order valence-corrected chi connectivity index (χ0v) is 13.6. The Morgan fingerprint density at radius 1 is 0.950 bits per heavy atom. The minimum atomic E-state index is 0.0249. The van der Waals surface area contributed by atoms with Crippen molar-refractivity contribution in [3.63, 3.8) is 0 Å². The molecule has 1 aromatic carbocycles. The summed E-state index contributed by atoms with van der Waals surface area (Å²) < 4.78 is 0. The Morgan fingerprint density at radius 3 is 2.10 bits per heavy atom. The summed E-state index contributed by atoms with van der Waals surface area (Å²) in [5, 5.41) is 3.89. The first-order valence-corrected chi connectivity index (χ1v) is 8.13. The molecule has 0 radical (unpaired) electrons. The average molecular weight is 316 g/mol. The van der Waals surface area contributed by atoms with Crippen molar-refractivity contribution in [2.45, 2.75) is 58.3 Å². The topological polar surface area (TPSA) is 29.1 Å². The summed E-state index contributed by atoms with van der Waals surface area (Å²) in [4.78, 5) is 11.8. The van der Waals surface area contributed by atoms with Crippen LogP contribution < -0.4 is 5.32 Å². The molecule has 4 heteroatoms. The minimum absolute atomic E-state index is 0.0249. The smallest absolute Gasteiger partial charge is 0.224 e. The Hall–Kier alpha value is -0.730. The molecule has 1 amide bonds. The van der Waals surface area contributed by atoms with E-state index in [0.717, 1.165) is 12.8 Å². The number of amides is 1. The molecule has 0 saturated carbocycles. The fraction of sp³-hybridized carbons (Fsp3) is 0.562. The highest BCUT2D eigenvalue weighted by atomic mass is 35.5. The number of carbonyl (C=O) groups excluding carboxylic acids is 1. The van der Waals surface area contributed by atoms with Gasteiger partial charge in [0.1, 0.15) is 0 Å².